The van der Waals surface area contributed by atoms with Crippen molar-refractivity contribution in [3.05, 3.63) is 120 Å². The number of aromatic nitrogens is 2. The van der Waals surface area contributed by atoms with Gasteiger partial charge in [-0.15, -0.1) is 0 Å². The molecule has 0 saturated carbocycles. The Labute approximate surface area is 229 Å². The second-order valence-corrected chi connectivity index (χ2v) is 10.0. The van der Waals surface area contributed by atoms with Crippen molar-refractivity contribution in [3.8, 4) is 11.4 Å². The molecule has 0 aliphatic heterocycles. The molecule has 193 valence electrons. The molecule has 38 heavy (non-hydrogen) atoms. The number of hydrogen-bond donors (Lipinski definition) is 0. The molecule has 1 aromatic carbocycles. The first kappa shape index (κ1) is 27.5. The lowest BCUT2D eigenvalue weighted by Gasteiger charge is -2.11. The zero-order valence-corrected chi connectivity index (χ0v) is 23.2. The van der Waals surface area contributed by atoms with Crippen LogP contribution in [0.3, 0.4) is 0 Å². The average molecular weight is 502 g/mol. The molecule has 4 heteroatoms. The van der Waals surface area contributed by atoms with Crippen molar-refractivity contribution in [1.29, 1.82) is 0 Å². The number of nitrogens with zero attached hydrogens (tertiary/aromatic N) is 2. The van der Waals surface area contributed by atoms with Crippen LogP contribution in [0, 0.1) is 11.8 Å². The van der Waals surface area contributed by atoms with Crippen LogP contribution in [-0.4, -0.2) is 24.6 Å². The first-order chi connectivity index (χ1) is 18.5. The lowest BCUT2D eigenvalue weighted by molar-refractivity contribution is 0.439. The van der Waals surface area contributed by atoms with Gasteiger partial charge in [-0.05, 0) is 72.5 Å². The minimum absolute atomic E-state index is 0.589. The summed E-state index contributed by atoms with van der Waals surface area (Å²) in [6.45, 7) is 10.9. The van der Waals surface area contributed by atoms with Crippen LogP contribution >= 0.6 is 0 Å². The van der Waals surface area contributed by atoms with Crippen molar-refractivity contribution < 1.29 is 4.65 Å². The molecule has 1 unspecified atom stereocenters. The van der Waals surface area contributed by atoms with E-state index >= 15 is 0 Å². The van der Waals surface area contributed by atoms with E-state index in [-0.39, 0.29) is 0 Å². The maximum atomic E-state index is 5.05. The highest BCUT2D eigenvalue weighted by Crippen LogP contribution is 2.37. The Morgan fingerprint density at radius 1 is 1.16 bits per heavy atom. The molecule has 0 spiro atoms. The summed E-state index contributed by atoms with van der Waals surface area (Å²) in [6.07, 6.45) is 22.0. The molecular formula is C34H38BN2O. The van der Waals surface area contributed by atoms with Gasteiger partial charge in [0.05, 0.1) is 11.4 Å². The van der Waals surface area contributed by atoms with Gasteiger partial charge >= 0.3 is 0 Å². The Balaban J connectivity index is 1.59. The topological polar surface area (TPSA) is 35.0 Å². The van der Waals surface area contributed by atoms with Gasteiger partial charge in [0.25, 0.3) is 7.48 Å². The van der Waals surface area contributed by atoms with Crippen LogP contribution in [0.25, 0.3) is 22.5 Å². The van der Waals surface area contributed by atoms with E-state index in [0.717, 1.165) is 53.7 Å². The van der Waals surface area contributed by atoms with E-state index in [1.54, 1.807) is 7.11 Å². The fourth-order valence-electron chi connectivity index (χ4n) is 4.87. The van der Waals surface area contributed by atoms with Gasteiger partial charge in [-0.3, -0.25) is 0 Å². The van der Waals surface area contributed by atoms with Crippen molar-refractivity contribution >= 4 is 18.6 Å². The molecular weight excluding hydrogens is 463 g/mol. The molecule has 3 nitrogen and oxygen atoms in total. The fraction of sp³-hybridized carbons (Fsp3) is 0.294. The van der Waals surface area contributed by atoms with Gasteiger partial charge in [-0.1, -0.05) is 105 Å². The van der Waals surface area contributed by atoms with E-state index in [0.29, 0.717) is 17.7 Å². The molecule has 1 radical (unpaired) electrons. The third-order valence-electron chi connectivity index (χ3n) is 7.38. The molecule has 0 amide bonds. The Hall–Kier alpha value is -3.50. The average Bonchev–Trinajstić information content (AvgIpc) is 3.20. The zero-order chi connectivity index (χ0) is 26.9. The highest BCUT2D eigenvalue weighted by Gasteiger charge is 2.24. The van der Waals surface area contributed by atoms with Gasteiger partial charge in [0, 0.05) is 12.7 Å². The van der Waals surface area contributed by atoms with Crippen molar-refractivity contribution in [2.45, 2.75) is 46.4 Å². The molecule has 1 heterocycles. The van der Waals surface area contributed by atoms with Crippen molar-refractivity contribution in [2.24, 2.45) is 11.8 Å². The quantitative estimate of drug-likeness (QED) is 0.176. The SMILES string of the molecule is C=C(C=CC(=CC)C1=CCC2C=CC(=C1)[C@@H]2C)c1cc(/C(C)=C/CCC[B]OC)nc(-c2ccccc2)n1. The van der Waals surface area contributed by atoms with Gasteiger partial charge in [-0.25, -0.2) is 9.97 Å². The lowest BCUT2D eigenvalue weighted by atomic mass is 9.91. The maximum absolute atomic E-state index is 5.05. The number of hydrogen-bond acceptors (Lipinski definition) is 3. The molecule has 2 aliphatic rings. The Bertz CT molecular complexity index is 1330. The van der Waals surface area contributed by atoms with Crippen molar-refractivity contribution in [1.82, 2.24) is 9.97 Å². The molecule has 4 rings (SSSR count). The third-order valence-corrected chi connectivity index (χ3v) is 7.38. The van der Waals surface area contributed by atoms with E-state index < -0.39 is 0 Å². The summed E-state index contributed by atoms with van der Waals surface area (Å²) in [5.74, 6) is 1.92. The Kier molecular flexibility index (Phi) is 9.67. The second-order valence-electron chi connectivity index (χ2n) is 10.0. The molecule has 1 aromatic heterocycles. The Morgan fingerprint density at radius 3 is 2.71 bits per heavy atom. The molecule has 2 aromatic rings. The summed E-state index contributed by atoms with van der Waals surface area (Å²) in [5.41, 5.74) is 8.67. The molecule has 0 saturated heterocycles. The summed E-state index contributed by atoms with van der Waals surface area (Å²) >= 11 is 0. The maximum Gasteiger partial charge on any atom is 0.291 e. The summed E-state index contributed by atoms with van der Waals surface area (Å²) < 4.78 is 5.05. The highest BCUT2D eigenvalue weighted by molar-refractivity contribution is 6.26. The first-order valence-corrected chi connectivity index (χ1v) is 13.6. The molecule has 2 atom stereocenters. The summed E-state index contributed by atoms with van der Waals surface area (Å²) in [4.78, 5) is 9.83. The van der Waals surface area contributed by atoms with Crippen LogP contribution in [0.5, 0.6) is 0 Å². The van der Waals surface area contributed by atoms with E-state index in [2.05, 4.69) is 82.0 Å². The third kappa shape index (κ3) is 6.87. The number of rotatable bonds is 11. The van der Waals surface area contributed by atoms with E-state index in [1.165, 1.54) is 16.7 Å². The largest absolute Gasteiger partial charge is 0.443 e. The lowest BCUT2D eigenvalue weighted by Crippen LogP contribution is -2.02. The molecule has 0 N–H and O–H groups in total. The van der Waals surface area contributed by atoms with Gasteiger partial charge in [0.2, 0.25) is 0 Å². The van der Waals surface area contributed by atoms with Gasteiger partial charge in [-0.2, -0.15) is 0 Å². The van der Waals surface area contributed by atoms with Crippen LogP contribution in [0.4, 0.5) is 0 Å². The summed E-state index contributed by atoms with van der Waals surface area (Å²) in [6, 6.07) is 12.2. The minimum Gasteiger partial charge on any atom is -0.443 e. The van der Waals surface area contributed by atoms with E-state index in [1.807, 2.05) is 37.8 Å². The van der Waals surface area contributed by atoms with Crippen LogP contribution in [0.2, 0.25) is 6.32 Å². The summed E-state index contributed by atoms with van der Waals surface area (Å²) in [5, 5.41) is 0. The molecule has 2 bridgehead atoms. The van der Waals surface area contributed by atoms with Crippen LogP contribution in [0.15, 0.2) is 108 Å². The van der Waals surface area contributed by atoms with Crippen LogP contribution in [-0.2, 0) is 4.65 Å². The predicted octanol–water partition coefficient (Wildman–Crippen LogP) is 8.61. The van der Waals surface area contributed by atoms with Crippen LogP contribution in [0.1, 0.15) is 51.4 Å². The fourth-order valence-corrected chi connectivity index (χ4v) is 4.87. The van der Waals surface area contributed by atoms with Gasteiger partial charge in [0.15, 0.2) is 5.82 Å². The highest BCUT2D eigenvalue weighted by atomic mass is 16.4. The Morgan fingerprint density at radius 2 is 1.95 bits per heavy atom. The van der Waals surface area contributed by atoms with Crippen LogP contribution < -0.4 is 0 Å². The molecule has 2 aliphatic carbocycles. The molecule has 0 fully saturated rings. The van der Waals surface area contributed by atoms with E-state index in [9.17, 15) is 0 Å². The zero-order valence-electron chi connectivity index (χ0n) is 23.2. The number of allylic oxidation sites excluding steroid dienone is 13. The standard InChI is InChI=1S/C34H38BN2O/c1-6-27(31-20-18-28-17-19-30(22-31)26(28)4)16-15-25(3)33-23-32(24(2)12-10-11-21-35-38-5)36-34(37-33)29-13-8-7-9-14-29/h6-9,12-17,19-20,22-23,26,28H,3,10-11,18,21H2,1-2,4-5H3/b16-15?,24-12+,27-6?/t26-,28?/m1/s1. The van der Waals surface area contributed by atoms with E-state index in [4.69, 9.17) is 14.6 Å². The first-order valence-electron chi connectivity index (χ1n) is 13.6. The number of benzene rings is 1. The van der Waals surface area contributed by atoms with Crippen molar-refractivity contribution in [2.75, 3.05) is 7.11 Å². The summed E-state index contributed by atoms with van der Waals surface area (Å²) in [7, 11) is 3.54. The number of fused-ring (bicyclic) bond motifs is 2. The normalized spacial score (nSPS) is 19.4. The van der Waals surface area contributed by atoms with Gasteiger partial charge in [0.1, 0.15) is 0 Å². The predicted molar refractivity (Wildman–Crippen MR) is 162 cm³/mol. The monoisotopic (exact) mass is 501 g/mol. The van der Waals surface area contributed by atoms with Gasteiger partial charge < -0.3 is 4.65 Å². The number of unbranched alkanes of at least 4 members (excludes halogenated alkanes) is 1. The second kappa shape index (κ2) is 13.3. The minimum atomic E-state index is 0.589. The van der Waals surface area contributed by atoms with Crippen molar-refractivity contribution in [3.63, 3.8) is 0 Å². The smallest absolute Gasteiger partial charge is 0.291 e.